The quantitative estimate of drug-likeness (QED) is 0.675. The number of rotatable bonds is 7. The molecule has 8 nitrogen and oxygen atoms in total. The molecule has 2 aliphatic heterocycles. The maximum absolute atomic E-state index is 13.5. The van der Waals surface area contributed by atoms with Crippen molar-refractivity contribution in [2.45, 2.75) is 59.1 Å². The summed E-state index contributed by atoms with van der Waals surface area (Å²) in [6.07, 6.45) is 3.52. The third kappa shape index (κ3) is 5.12. The predicted octanol–water partition coefficient (Wildman–Crippen LogP) is 2.48. The highest BCUT2D eigenvalue weighted by Crippen LogP contribution is 2.24. The largest absolute Gasteiger partial charge is 0.376 e. The van der Waals surface area contributed by atoms with Crippen LogP contribution in [0.5, 0.6) is 0 Å². The molecule has 2 aliphatic rings. The molecule has 2 fully saturated rings. The van der Waals surface area contributed by atoms with Crippen LogP contribution in [-0.4, -0.2) is 47.4 Å². The van der Waals surface area contributed by atoms with Gasteiger partial charge in [0.15, 0.2) is 0 Å². The Morgan fingerprint density at radius 3 is 2.44 bits per heavy atom. The molecule has 8 heteroatoms. The summed E-state index contributed by atoms with van der Waals surface area (Å²) < 4.78 is 8.60. The Hall–Kier alpha value is -2.87. The second kappa shape index (κ2) is 10.6. The summed E-state index contributed by atoms with van der Waals surface area (Å²) in [4.78, 5) is 41.6. The number of amides is 1. The molecule has 0 radical (unpaired) electrons. The monoisotopic (exact) mass is 468 g/mol. The van der Waals surface area contributed by atoms with E-state index in [1.165, 1.54) is 4.57 Å². The minimum atomic E-state index is -0.311. The number of hydrogen-bond donors (Lipinski definition) is 1. The maximum atomic E-state index is 13.5. The van der Waals surface area contributed by atoms with Crippen LogP contribution in [0.3, 0.4) is 0 Å². The van der Waals surface area contributed by atoms with E-state index in [0.717, 1.165) is 25.1 Å². The average Bonchev–Trinajstić information content (AvgIpc) is 3.35. The summed E-state index contributed by atoms with van der Waals surface area (Å²) in [7, 11) is 0. The number of piperidine rings is 1. The van der Waals surface area contributed by atoms with E-state index in [4.69, 9.17) is 4.74 Å². The van der Waals surface area contributed by atoms with Crippen molar-refractivity contribution in [2.75, 3.05) is 31.1 Å². The van der Waals surface area contributed by atoms with Crippen LogP contribution in [-0.2, 0) is 16.1 Å². The Labute approximate surface area is 200 Å². The van der Waals surface area contributed by atoms with E-state index in [0.29, 0.717) is 50.4 Å². The fourth-order valence-electron chi connectivity index (χ4n) is 5.04. The number of nitrogens with zero attached hydrogens (tertiary/aromatic N) is 3. The zero-order chi connectivity index (χ0) is 24.2. The first-order valence-electron chi connectivity index (χ1n) is 12.4. The fraction of sp³-hybridized carbons (Fsp3) is 0.577. The number of nitrogens with one attached hydrogen (secondary N) is 1. The van der Waals surface area contributed by atoms with E-state index in [-0.39, 0.29) is 35.1 Å². The Balaban J connectivity index is 1.57. The molecule has 1 aromatic carbocycles. The first-order valence-corrected chi connectivity index (χ1v) is 12.4. The van der Waals surface area contributed by atoms with Gasteiger partial charge in [0.2, 0.25) is 5.91 Å². The highest BCUT2D eigenvalue weighted by molar-refractivity contribution is 5.79. The summed E-state index contributed by atoms with van der Waals surface area (Å²) in [6.45, 7) is 8.74. The second-order valence-electron chi connectivity index (χ2n) is 9.84. The molecule has 2 aromatic rings. The minimum absolute atomic E-state index is 0.0679. The van der Waals surface area contributed by atoms with Crippen molar-refractivity contribution < 1.29 is 9.53 Å². The van der Waals surface area contributed by atoms with Crippen molar-refractivity contribution in [1.82, 2.24) is 14.5 Å². The molecule has 184 valence electrons. The molecule has 1 aromatic heterocycles. The molecule has 0 bridgehead atoms. The van der Waals surface area contributed by atoms with Crippen LogP contribution in [0.25, 0.3) is 5.69 Å². The lowest BCUT2D eigenvalue weighted by atomic mass is 9.95. The number of ether oxygens (including phenoxy) is 1. The van der Waals surface area contributed by atoms with Crippen molar-refractivity contribution in [1.29, 1.82) is 0 Å². The summed E-state index contributed by atoms with van der Waals surface area (Å²) in [5.41, 5.74) is 1.39. The van der Waals surface area contributed by atoms with Crippen LogP contribution in [0.15, 0.2) is 39.9 Å². The van der Waals surface area contributed by atoms with Gasteiger partial charge >= 0.3 is 5.69 Å². The number of anilines is 1. The van der Waals surface area contributed by atoms with Crippen LogP contribution in [0.2, 0.25) is 0 Å². The first kappa shape index (κ1) is 24.3. The molecule has 2 saturated heterocycles. The molecule has 0 aliphatic carbocycles. The van der Waals surface area contributed by atoms with Gasteiger partial charge in [-0.1, -0.05) is 32.0 Å². The van der Waals surface area contributed by atoms with E-state index in [1.54, 1.807) is 4.57 Å². The van der Waals surface area contributed by atoms with E-state index >= 15 is 0 Å². The van der Waals surface area contributed by atoms with E-state index in [9.17, 15) is 14.4 Å². The summed E-state index contributed by atoms with van der Waals surface area (Å²) >= 11 is 0. The molecule has 0 spiro atoms. The highest BCUT2D eigenvalue weighted by atomic mass is 16.5. The number of benzene rings is 1. The van der Waals surface area contributed by atoms with Crippen LogP contribution < -0.4 is 21.5 Å². The number of carbonyl (C=O) groups is 1. The Morgan fingerprint density at radius 1 is 1.12 bits per heavy atom. The van der Waals surface area contributed by atoms with Gasteiger partial charge in [-0.2, -0.15) is 0 Å². The van der Waals surface area contributed by atoms with Crippen LogP contribution >= 0.6 is 0 Å². The third-order valence-corrected chi connectivity index (χ3v) is 6.82. The summed E-state index contributed by atoms with van der Waals surface area (Å²) in [5.74, 6) is 0.151. The molecular weight excluding hydrogens is 432 g/mol. The molecule has 1 amide bonds. The number of para-hydroxylation sites is 1. The van der Waals surface area contributed by atoms with Gasteiger partial charge in [-0.05, 0) is 50.7 Å². The van der Waals surface area contributed by atoms with Gasteiger partial charge in [0.1, 0.15) is 5.69 Å². The summed E-state index contributed by atoms with van der Waals surface area (Å²) in [6, 6.07) is 9.45. The molecule has 1 N–H and O–H groups in total. The SMILES string of the molecule is Cc1c(N2CCC(C(=O)NC[C@H]3CCCO3)CC2)c(=O)n(CC(C)C)c(=O)n1-c1ccccc1. The maximum Gasteiger partial charge on any atom is 0.335 e. The van der Waals surface area contributed by atoms with E-state index in [2.05, 4.69) is 10.2 Å². The zero-order valence-corrected chi connectivity index (χ0v) is 20.5. The van der Waals surface area contributed by atoms with Crippen molar-refractivity contribution in [3.8, 4) is 5.69 Å². The number of carbonyl (C=O) groups excluding carboxylic acids is 1. The van der Waals surface area contributed by atoms with Crippen LogP contribution in [0.4, 0.5) is 5.69 Å². The van der Waals surface area contributed by atoms with E-state index < -0.39 is 0 Å². The van der Waals surface area contributed by atoms with Gasteiger partial charge in [-0.25, -0.2) is 4.79 Å². The van der Waals surface area contributed by atoms with Crippen molar-refractivity contribution >= 4 is 11.6 Å². The topological polar surface area (TPSA) is 85.6 Å². The lowest BCUT2D eigenvalue weighted by molar-refractivity contribution is -0.126. The standard InChI is InChI=1S/C26H36N4O4/c1-18(2)17-29-25(32)23(19(3)30(26(29)33)21-8-5-4-6-9-21)28-13-11-20(12-14-28)24(31)27-16-22-10-7-15-34-22/h4-6,8-9,18,20,22H,7,10-17H2,1-3H3,(H,27,31)/t22-/m1/s1. The fourth-order valence-corrected chi connectivity index (χ4v) is 5.04. The minimum Gasteiger partial charge on any atom is -0.376 e. The van der Waals surface area contributed by atoms with Crippen molar-refractivity contribution in [2.24, 2.45) is 11.8 Å². The van der Waals surface area contributed by atoms with Gasteiger partial charge in [0.25, 0.3) is 5.56 Å². The zero-order valence-electron chi connectivity index (χ0n) is 20.5. The predicted molar refractivity (Wildman–Crippen MR) is 133 cm³/mol. The van der Waals surface area contributed by atoms with Gasteiger partial charge < -0.3 is 15.0 Å². The molecule has 4 rings (SSSR count). The van der Waals surface area contributed by atoms with Gasteiger partial charge in [0.05, 0.1) is 17.5 Å². The highest BCUT2D eigenvalue weighted by Gasteiger charge is 2.29. The molecule has 3 heterocycles. The second-order valence-corrected chi connectivity index (χ2v) is 9.84. The number of aromatic nitrogens is 2. The van der Waals surface area contributed by atoms with Gasteiger partial charge in [-0.15, -0.1) is 0 Å². The summed E-state index contributed by atoms with van der Waals surface area (Å²) in [5, 5.41) is 3.05. The Kier molecular flexibility index (Phi) is 7.56. The van der Waals surface area contributed by atoms with Crippen molar-refractivity contribution in [3.63, 3.8) is 0 Å². The first-order chi connectivity index (χ1) is 16.4. The third-order valence-electron chi connectivity index (χ3n) is 6.82. The molecule has 1 atom stereocenters. The molecule has 34 heavy (non-hydrogen) atoms. The molecule has 0 unspecified atom stereocenters. The van der Waals surface area contributed by atoms with Crippen LogP contribution in [0, 0.1) is 18.8 Å². The van der Waals surface area contributed by atoms with Crippen LogP contribution in [0.1, 0.15) is 45.2 Å². The van der Waals surface area contributed by atoms with Crippen molar-refractivity contribution in [3.05, 3.63) is 56.9 Å². The number of hydrogen-bond acceptors (Lipinski definition) is 5. The lowest BCUT2D eigenvalue weighted by Crippen LogP contribution is -2.48. The Morgan fingerprint density at radius 2 is 1.82 bits per heavy atom. The molecule has 0 saturated carbocycles. The smallest absolute Gasteiger partial charge is 0.335 e. The lowest BCUT2D eigenvalue weighted by Gasteiger charge is -2.34. The average molecular weight is 469 g/mol. The molecular formula is C26H36N4O4. The normalized spacial score (nSPS) is 19.1. The Bertz CT molecular complexity index is 1110. The van der Waals surface area contributed by atoms with E-state index in [1.807, 2.05) is 51.1 Å². The van der Waals surface area contributed by atoms with Gasteiger partial charge in [0, 0.05) is 38.7 Å². The van der Waals surface area contributed by atoms with Gasteiger partial charge in [-0.3, -0.25) is 18.7 Å².